The molecule has 0 spiro atoms. The molecule has 36 heavy (non-hydrogen) atoms. The van der Waals surface area contributed by atoms with Crippen LogP contribution in [-0.4, -0.2) is 9.55 Å². The third-order valence-electron chi connectivity index (χ3n) is 6.94. The number of hydrogen-bond acceptors (Lipinski definition) is 5. The van der Waals surface area contributed by atoms with Gasteiger partial charge in [0.15, 0.2) is 5.16 Å². The van der Waals surface area contributed by atoms with Gasteiger partial charge in [-0.1, -0.05) is 65.9 Å². The van der Waals surface area contributed by atoms with E-state index >= 15 is 0 Å². The highest BCUT2D eigenvalue weighted by atomic mass is 32.2. The number of nitrogens with zero attached hydrogens (tertiary/aromatic N) is 2. The minimum atomic E-state index is -0.374. The van der Waals surface area contributed by atoms with E-state index in [1.807, 2.05) is 59.2 Å². The van der Waals surface area contributed by atoms with Crippen LogP contribution in [-0.2, 0) is 12.3 Å². The molecule has 0 saturated heterocycles. The first kappa shape index (κ1) is 22.8. The van der Waals surface area contributed by atoms with Gasteiger partial charge in [-0.2, -0.15) is 0 Å². The van der Waals surface area contributed by atoms with Crippen LogP contribution in [0, 0.1) is 0 Å². The summed E-state index contributed by atoms with van der Waals surface area (Å²) in [6, 6.07) is 21.0. The first-order valence-corrected chi connectivity index (χ1v) is 13.4. The Hall–Kier alpha value is -3.64. The zero-order chi connectivity index (χ0) is 24.5. The lowest BCUT2D eigenvalue weighted by atomic mass is 9.97. The molecule has 0 radical (unpaired) electrons. The number of allylic oxidation sites excluding steroid dienone is 2. The fourth-order valence-corrected chi connectivity index (χ4v) is 6.12. The molecule has 0 atom stereocenters. The molecule has 5 aromatic rings. The molecule has 0 unspecified atom stereocenters. The van der Waals surface area contributed by atoms with E-state index in [1.54, 1.807) is 6.07 Å². The minimum Gasteiger partial charge on any atom is -0.423 e. The average molecular weight is 495 g/mol. The van der Waals surface area contributed by atoms with Crippen molar-refractivity contribution in [3.63, 3.8) is 0 Å². The predicted octanol–water partition coefficient (Wildman–Crippen LogP) is 6.84. The summed E-state index contributed by atoms with van der Waals surface area (Å²) in [5.74, 6) is 0.504. The summed E-state index contributed by atoms with van der Waals surface area (Å²) in [7, 11) is 0. The van der Waals surface area contributed by atoms with E-state index < -0.39 is 0 Å². The molecular formula is C30H26N2O3S. The number of thioether (sulfide) groups is 1. The number of rotatable bonds is 6. The van der Waals surface area contributed by atoms with Crippen LogP contribution in [0.1, 0.15) is 37.7 Å². The molecular weight excluding hydrogens is 468 g/mol. The Balaban J connectivity index is 1.41. The van der Waals surface area contributed by atoms with E-state index in [2.05, 4.69) is 12.1 Å². The van der Waals surface area contributed by atoms with Gasteiger partial charge >= 0.3 is 5.63 Å². The zero-order valence-corrected chi connectivity index (χ0v) is 20.7. The highest BCUT2D eigenvalue weighted by Gasteiger charge is 2.15. The Morgan fingerprint density at radius 1 is 0.944 bits per heavy atom. The molecule has 5 nitrogen and oxygen atoms in total. The van der Waals surface area contributed by atoms with Crippen molar-refractivity contribution in [1.82, 2.24) is 9.55 Å². The molecule has 3 aromatic carbocycles. The fraction of sp³-hybridized carbons (Fsp3) is 0.233. The molecule has 180 valence electrons. The summed E-state index contributed by atoms with van der Waals surface area (Å²) < 4.78 is 7.34. The average Bonchev–Trinajstić information content (AvgIpc) is 2.91. The van der Waals surface area contributed by atoms with Gasteiger partial charge in [-0.3, -0.25) is 9.36 Å². The van der Waals surface area contributed by atoms with Crippen molar-refractivity contribution in [2.24, 2.45) is 0 Å². The van der Waals surface area contributed by atoms with Crippen molar-refractivity contribution in [1.29, 1.82) is 0 Å². The van der Waals surface area contributed by atoms with Gasteiger partial charge in [0.25, 0.3) is 5.56 Å². The number of hydrogen-bond donors (Lipinski definition) is 0. The van der Waals surface area contributed by atoms with E-state index in [1.165, 1.54) is 30.2 Å². The Morgan fingerprint density at radius 3 is 2.64 bits per heavy atom. The van der Waals surface area contributed by atoms with Crippen LogP contribution < -0.4 is 11.2 Å². The van der Waals surface area contributed by atoms with Crippen LogP contribution in [0.15, 0.2) is 97.5 Å². The van der Waals surface area contributed by atoms with Gasteiger partial charge in [0.2, 0.25) is 0 Å². The first-order chi connectivity index (χ1) is 17.7. The molecule has 0 N–H and O–H groups in total. The fourth-order valence-electron chi connectivity index (χ4n) is 5.12. The summed E-state index contributed by atoms with van der Waals surface area (Å²) in [6.45, 7) is 0.603. The summed E-state index contributed by atoms with van der Waals surface area (Å²) in [5.41, 5.74) is 3.19. The van der Waals surface area contributed by atoms with Crippen molar-refractivity contribution in [3.8, 4) is 0 Å². The standard InChI is InChI=1S/C30H26N2O3S/c33-27-18-22(28-23-11-5-4-10-21(23)14-15-26(28)35-27)19-36-30-31-25-13-7-6-12-24(25)29(34)32(30)17-16-20-8-2-1-3-9-20/h4-8,10-15,18H,1-3,9,16-17,19H2. The lowest BCUT2D eigenvalue weighted by molar-refractivity contribution is 0.560. The lowest BCUT2D eigenvalue weighted by Crippen LogP contribution is -2.24. The molecule has 6 rings (SSSR count). The van der Waals surface area contributed by atoms with E-state index in [-0.39, 0.29) is 11.2 Å². The van der Waals surface area contributed by atoms with E-state index in [9.17, 15) is 9.59 Å². The maximum atomic E-state index is 13.5. The lowest BCUT2D eigenvalue weighted by Gasteiger charge is -2.16. The highest BCUT2D eigenvalue weighted by molar-refractivity contribution is 7.98. The Morgan fingerprint density at radius 2 is 1.78 bits per heavy atom. The van der Waals surface area contributed by atoms with Crippen molar-refractivity contribution in [2.45, 2.75) is 49.6 Å². The van der Waals surface area contributed by atoms with Gasteiger partial charge < -0.3 is 4.42 Å². The van der Waals surface area contributed by atoms with Gasteiger partial charge in [-0.25, -0.2) is 9.78 Å². The summed E-state index contributed by atoms with van der Waals surface area (Å²) in [6.07, 6.45) is 7.88. The SMILES string of the molecule is O=c1cc(CSc2nc3ccccc3c(=O)n2CCC2=CCCCC2)c2c(ccc3ccccc32)o1. The molecule has 0 saturated carbocycles. The van der Waals surface area contributed by atoms with E-state index in [0.717, 1.165) is 41.0 Å². The monoisotopic (exact) mass is 494 g/mol. The van der Waals surface area contributed by atoms with Crippen LogP contribution in [0.3, 0.4) is 0 Å². The minimum absolute atomic E-state index is 0.0117. The second-order valence-corrected chi connectivity index (χ2v) is 10.2. The second kappa shape index (κ2) is 9.78. The third kappa shape index (κ3) is 4.37. The smallest absolute Gasteiger partial charge is 0.336 e. The molecule has 0 aliphatic heterocycles. The Kier molecular flexibility index (Phi) is 6.20. The maximum Gasteiger partial charge on any atom is 0.336 e. The molecule has 0 amide bonds. The third-order valence-corrected chi connectivity index (χ3v) is 7.96. The normalized spacial score (nSPS) is 13.9. The van der Waals surface area contributed by atoms with Gasteiger partial charge in [-0.15, -0.1) is 0 Å². The number of para-hydroxylation sites is 1. The van der Waals surface area contributed by atoms with Gasteiger partial charge in [-0.05, 0) is 66.6 Å². The van der Waals surface area contributed by atoms with E-state index in [0.29, 0.717) is 33.9 Å². The first-order valence-electron chi connectivity index (χ1n) is 12.4. The van der Waals surface area contributed by atoms with Crippen molar-refractivity contribution in [2.75, 3.05) is 0 Å². The molecule has 0 fully saturated rings. The quantitative estimate of drug-likeness (QED) is 0.0850. The van der Waals surface area contributed by atoms with E-state index in [4.69, 9.17) is 9.40 Å². The number of fused-ring (bicyclic) bond motifs is 4. The van der Waals surface area contributed by atoms with Crippen LogP contribution in [0.4, 0.5) is 0 Å². The highest BCUT2D eigenvalue weighted by Crippen LogP contribution is 2.31. The number of benzene rings is 3. The number of aromatic nitrogens is 2. The van der Waals surface area contributed by atoms with Crippen LogP contribution in [0.2, 0.25) is 0 Å². The molecule has 2 heterocycles. The van der Waals surface area contributed by atoms with Crippen LogP contribution in [0.25, 0.3) is 32.6 Å². The Labute approximate surface area is 212 Å². The maximum absolute atomic E-state index is 13.5. The zero-order valence-electron chi connectivity index (χ0n) is 19.9. The molecule has 0 bridgehead atoms. The molecule has 2 aromatic heterocycles. The van der Waals surface area contributed by atoms with Gasteiger partial charge in [0, 0.05) is 23.8 Å². The topological polar surface area (TPSA) is 65.1 Å². The van der Waals surface area contributed by atoms with Crippen LogP contribution >= 0.6 is 11.8 Å². The molecule has 6 heteroatoms. The van der Waals surface area contributed by atoms with Crippen molar-refractivity contribution < 1.29 is 4.42 Å². The summed E-state index contributed by atoms with van der Waals surface area (Å²) in [4.78, 5) is 30.8. The van der Waals surface area contributed by atoms with Gasteiger partial charge in [0.1, 0.15) is 5.58 Å². The van der Waals surface area contributed by atoms with Gasteiger partial charge in [0.05, 0.1) is 10.9 Å². The predicted molar refractivity (Wildman–Crippen MR) is 147 cm³/mol. The second-order valence-electron chi connectivity index (χ2n) is 9.27. The summed E-state index contributed by atoms with van der Waals surface area (Å²) >= 11 is 1.50. The Bertz CT molecular complexity index is 1750. The van der Waals surface area contributed by atoms with Crippen LogP contribution in [0.5, 0.6) is 0 Å². The molecule has 1 aliphatic rings. The molecule has 1 aliphatic carbocycles. The van der Waals surface area contributed by atoms with Crippen molar-refractivity contribution >= 4 is 44.4 Å². The largest absolute Gasteiger partial charge is 0.423 e. The summed E-state index contributed by atoms with van der Waals surface area (Å²) in [5, 5.41) is 4.38. The van der Waals surface area contributed by atoms with Crippen molar-refractivity contribution in [3.05, 3.63) is 105 Å².